The molecule has 3 nitrogen and oxygen atoms in total. The smallest absolute Gasteiger partial charge is 0.257 e. The van der Waals surface area contributed by atoms with E-state index in [1.165, 1.54) is 0 Å². The van der Waals surface area contributed by atoms with Crippen LogP contribution in [0.25, 0.3) is 0 Å². The van der Waals surface area contributed by atoms with E-state index in [1.807, 2.05) is 0 Å². The summed E-state index contributed by atoms with van der Waals surface area (Å²) >= 11 is 2.86. The van der Waals surface area contributed by atoms with Gasteiger partial charge in [-0.2, -0.15) is 23.7 Å². The summed E-state index contributed by atoms with van der Waals surface area (Å²) in [5.74, 6) is -1.18. The minimum absolute atomic E-state index is 0.00424. The SMILES string of the molecule is N#CC(C#N)c1ncc(C(F)(F)F)cc1Br. The maximum atomic E-state index is 12.3. The first-order valence-electron chi connectivity index (χ1n) is 3.92. The van der Waals surface area contributed by atoms with Crippen molar-refractivity contribution in [3.63, 3.8) is 0 Å². The highest BCUT2D eigenvalue weighted by Gasteiger charge is 2.32. The van der Waals surface area contributed by atoms with Crippen molar-refractivity contribution in [2.24, 2.45) is 0 Å². The molecule has 7 heteroatoms. The minimum Gasteiger partial charge on any atom is -0.257 e. The third kappa shape index (κ3) is 2.50. The Morgan fingerprint density at radius 1 is 1.31 bits per heavy atom. The summed E-state index contributed by atoms with van der Waals surface area (Å²) in [7, 11) is 0. The quantitative estimate of drug-likeness (QED) is 0.798. The van der Waals surface area contributed by atoms with Crippen molar-refractivity contribution in [3.8, 4) is 12.1 Å². The molecule has 1 rings (SSSR count). The molecule has 0 radical (unpaired) electrons. The van der Waals surface area contributed by atoms with Crippen molar-refractivity contribution in [2.45, 2.75) is 12.1 Å². The van der Waals surface area contributed by atoms with Crippen LogP contribution in [0.15, 0.2) is 16.7 Å². The maximum Gasteiger partial charge on any atom is 0.417 e. The first-order valence-corrected chi connectivity index (χ1v) is 4.71. The number of alkyl halides is 3. The lowest BCUT2D eigenvalue weighted by atomic mass is 10.1. The van der Waals surface area contributed by atoms with Crippen LogP contribution in [0.5, 0.6) is 0 Å². The Hall–Kier alpha value is -1.60. The van der Waals surface area contributed by atoms with Crippen LogP contribution < -0.4 is 0 Å². The first-order chi connectivity index (χ1) is 7.40. The molecule has 0 amide bonds. The van der Waals surface area contributed by atoms with Gasteiger partial charge in [-0.25, -0.2) is 0 Å². The van der Waals surface area contributed by atoms with Crippen LogP contribution in [0.2, 0.25) is 0 Å². The van der Waals surface area contributed by atoms with E-state index in [0.29, 0.717) is 6.20 Å². The van der Waals surface area contributed by atoms with Crippen LogP contribution >= 0.6 is 15.9 Å². The first kappa shape index (κ1) is 12.5. The largest absolute Gasteiger partial charge is 0.417 e. The van der Waals surface area contributed by atoms with Crippen LogP contribution in [0, 0.1) is 22.7 Å². The molecule has 0 unspecified atom stereocenters. The van der Waals surface area contributed by atoms with Gasteiger partial charge in [0.25, 0.3) is 0 Å². The molecule has 0 aliphatic carbocycles. The maximum absolute atomic E-state index is 12.3. The average Bonchev–Trinajstić information content (AvgIpc) is 2.20. The summed E-state index contributed by atoms with van der Waals surface area (Å²) in [5.41, 5.74) is -0.948. The third-order valence-corrected chi connectivity index (χ3v) is 2.36. The number of aromatic nitrogens is 1. The summed E-state index contributed by atoms with van der Waals surface area (Å²) in [4.78, 5) is 3.47. The summed E-state index contributed by atoms with van der Waals surface area (Å²) in [6, 6.07) is 4.06. The molecule has 0 spiro atoms. The third-order valence-electron chi connectivity index (χ3n) is 1.73. The molecule has 0 aromatic carbocycles. The van der Waals surface area contributed by atoms with Gasteiger partial charge in [0, 0.05) is 10.7 Å². The molecule has 0 aliphatic heterocycles. The van der Waals surface area contributed by atoms with Gasteiger partial charge in [-0.05, 0) is 22.0 Å². The standard InChI is InChI=1S/C9H3BrF3N3/c10-7-1-6(9(11,12)13)4-16-8(7)5(2-14)3-15/h1,4-5H. The van der Waals surface area contributed by atoms with Crippen molar-refractivity contribution < 1.29 is 13.2 Å². The molecule has 0 aliphatic rings. The molecule has 0 saturated heterocycles. The van der Waals surface area contributed by atoms with E-state index in [2.05, 4.69) is 20.9 Å². The van der Waals surface area contributed by atoms with Crippen LogP contribution in [-0.4, -0.2) is 4.98 Å². The van der Waals surface area contributed by atoms with Crippen molar-refractivity contribution >= 4 is 15.9 Å². The Kier molecular flexibility index (Phi) is 3.51. The monoisotopic (exact) mass is 289 g/mol. The zero-order chi connectivity index (χ0) is 12.3. The minimum atomic E-state index is -4.50. The van der Waals surface area contributed by atoms with Crippen molar-refractivity contribution in [2.75, 3.05) is 0 Å². The number of nitrogens with zero attached hydrogens (tertiary/aromatic N) is 3. The number of pyridine rings is 1. The van der Waals surface area contributed by atoms with E-state index in [-0.39, 0.29) is 10.2 Å². The Bertz CT molecular complexity index is 470. The highest BCUT2D eigenvalue weighted by molar-refractivity contribution is 9.10. The number of halogens is 4. The fourth-order valence-electron chi connectivity index (χ4n) is 0.967. The van der Waals surface area contributed by atoms with E-state index in [1.54, 1.807) is 12.1 Å². The number of hydrogen-bond donors (Lipinski definition) is 0. The Labute approximate surface area is 97.3 Å². The lowest BCUT2D eigenvalue weighted by Crippen LogP contribution is -2.07. The van der Waals surface area contributed by atoms with Crippen LogP contribution in [0.3, 0.4) is 0 Å². The molecule has 0 N–H and O–H groups in total. The molecule has 0 saturated carbocycles. The fraction of sp³-hybridized carbons (Fsp3) is 0.222. The molecular formula is C9H3BrF3N3. The van der Waals surface area contributed by atoms with Gasteiger partial charge in [0.1, 0.15) is 0 Å². The summed E-state index contributed by atoms with van der Waals surface area (Å²) < 4.78 is 36.8. The number of rotatable bonds is 1. The van der Waals surface area contributed by atoms with Crippen LogP contribution in [0.1, 0.15) is 17.2 Å². The molecule has 0 fully saturated rings. The summed E-state index contributed by atoms with van der Waals surface area (Å²) in [5, 5.41) is 17.2. The molecule has 1 aromatic rings. The van der Waals surface area contributed by atoms with E-state index < -0.39 is 17.7 Å². The van der Waals surface area contributed by atoms with Gasteiger partial charge in [-0.3, -0.25) is 4.98 Å². The molecule has 0 bridgehead atoms. The molecule has 16 heavy (non-hydrogen) atoms. The van der Waals surface area contributed by atoms with Gasteiger partial charge in [0.05, 0.1) is 23.4 Å². The molecule has 82 valence electrons. The normalized spacial score (nSPS) is 10.9. The predicted molar refractivity (Wildman–Crippen MR) is 50.9 cm³/mol. The number of nitriles is 2. The van der Waals surface area contributed by atoms with Crippen molar-refractivity contribution in [1.29, 1.82) is 10.5 Å². The van der Waals surface area contributed by atoms with Crippen molar-refractivity contribution in [1.82, 2.24) is 4.98 Å². The lowest BCUT2D eigenvalue weighted by Gasteiger charge is -2.09. The topological polar surface area (TPSA) is 60.5 Å². The van der Waals surface area contributed by atoms with Crippen molar-refractivity contribution in [3.05, 3.63) is 28.0 Å². The molecule has 0 atom stereocenters. The van der Waals surface area contributed by atoms with Gasteiger partial charge in [-0.1, -0.05) is 0 Å². The van der Waals surface area contributed by atoms with Crippen LogP contribution in [0.4, 0.5) is 13.2 Å². The van der Waals surface area contributed by atoms with Gasteiger partial charge in [0.15, 0.2) is 5.92 Å². The number of hydrogen-bond acceptors (Lipinski definition) is 3. The molecule has 1 aromatic heterocycles. The second kappa shape index (κ2) is 4.50. The highest BCUT2D eigenvalue weighted by Crippen LogP contribution is 2.32. The van der Waals surface area contributed by atoms with Gasteiger partial charge in [0.2, 0.25) is 0 Å². The van der Waals surface area contributed by atoms with E-state index >= 15 is 0 Å². The van der Waals surface area contributed by atoms with Crippen LogP contribution in [-0.2, 0) is 6.18 Å². The van der Waals surface area contributed by atoms with E-state index in [9.17, 15) is 13.2 Å². The zero-order valence-electron chi connectivity index (χ0n) is 7.59. The molecule has 1 heterocycles. The predicted octanol–water partition coefficient (Wildman–Crippen LogP) is 2.99. The fourth-order valence-corrected chi connectivity index (χ4v) is 1.55. The van der Waals surface area contributed by atoms with Gasteiger partial charge in [-0.15, -0.1) is 0 Å². The van der Waals surface area contributed by atoms with Gasteiger partial charge >= 0.3 is 6.18 Å². The Morgan fingerprint density at radius 2 is 1.88 bits per heavy atom. The second-order valence-electron chi connectivity index (χ2n) is 2.78. The average molecular weight is 290 g/mol. The van der Waals surface area contributed by atoms with E-state index in [4.69, 9.17) is 10.5 Å². The van der Waals surface area contributed by atoms with E-state index in [0.717, 1.165) is 6.07 Å². The highest BCUT2D eigenvalue weighted by atomic mass is 79.9. The summed E-state index contributed by atoms with van der Waals surface area (Å²) in [6.07, 6.45) is -3.90. The Balaban J connectivity index is 3.22. The second-order valence-corrected chi connectivity index (χ2v) is 3.63. The zero-order valence-corrected chi connectivity index (χ0v) is 9.17. The van der Waals surface area contributed by atoms with Gasteiger partial charge < -0.3 is 0 Å². The Morgan fingerprint density at radius 3 is 2.25 bits per heavy atom. The lowest BCUT2D eigenvalue weighted by molar-refractivity contribution is -0.137. The molecular weight excluding hydrogens is 287 g/mol. The summed E-state index contributed by atoms with van der Waals surface area (Å²) in [6.45, 7) is 0.